The molecule has 2 aliphatic heterocycles. The molecule has 2 aliphatic rings. The van der Waals surface area contributed by atoms with Crippen LogP contribution in [-0.4, -0.2) is 34.4 Å². The number of benzene rings is 4. The van der Waals surface area contributed by atoms with Crippen molar-refractivity contribution in [1.29, 1.82) is 0 Å². The molecular formula is C35H35BBr2F4N4O6. The summed E-state index contributed by atoms with van der Waals surface area (Å²) in [5, 5.41) is 20.6. The Morgan fingerprint density at radius 3 is 1.77 bits per heavy atom. The molecular weight excluding hydrogens is 819 g/mol. The van der Waals surface area contributed by atoms with Crippen LogP contribution >= 0.6 is 31.9 Å². The van der Waals surface area contributed by atoms with E-state index in [1.807, 2.05) is 34.6 Å². The molecule has 276 valence electrons. The van der Waals surface area contributed by atoms with Crippen molar-refractivity contribution in [1.82, 2.24) is 0 Å². The summed E-state index contributed by atoms with van der Waals surface area (Å²) in [6.45, 7) is 13.4. The number of hydrogen-bond donors (Lipinski definition) is 1. The Labute approximate surface area is 315 Å². The van der Waals surface area contributed by atoms with Gasteiger partial charge in [0.05, 0.1) is 39.7 Å². The van der Waals surface area contributed by atoms with Gasteiger partial charge >= 0.3 is 7.12 Å². The van der Waals surface area contributed by atoms with E-state index < -0.39 is 39.8 Å². The van der Waals surface area contributed by atoms with E-state index in [4.69, 9.17) is 15.0 Å². The van der Waals surface area contributed by atoms with Crippen molar-refractivity contribution < 1.29 is 36.7 Å². The molecule has 2 N–H and O–H groups in total. The molecule has 0 radical (unpaired) electrons. The van der Waals surface area contributed by atoms with E-state index in [9.17, 15) is 37.8 Å². The molecule has 0 saturated carbocycles. The van der Waals surface area contributed by atoms with E-state index in [0.717, 1.165) is 34.3 Å². The number of aryl methyl sites for hydroxylation is 1. The third-order valence-electron chi connectivity index (χ3n) is 8.45. The summed E-state index contributed by atoms with van der Waals surface area (Å²) in [5.74, 6) is -1.77. The summed E-state index contributed by atoms with van der Waals surface area (Å²) in [7, 11) is -0.543. The quantitative estimate of drug-likeness (QED) is 0.0712. The Morgan fingerprint density at radius 1 is 0.750 bits per heavy atom. The Kier molecular flexibility index (Phi) is 13.9. The highest BCUT2D eigenvalue weighted by molar-refractivity contribution is 9.10. The van der Waals surface area contributed by atoms with E-state index in [2.05, 4.69) is 36.9 Å². The maximum atomic E-state index is 13.7. The van der Waals surface area contributed by atoms with Gasteiger partial charge in [-0.05, 0) is 113 Å². The van der Waals surface area contributed by atoms with E-state index in [0.29, 0.717) is 32.3 Å². The number of nitrogen functional groups attached to an aromatic ring is 1. The van der Waals surface area contributed by atoms with Crippen molar-refractivity contribution in [2.75, 3.05) is 5.73 Å². The van der Waals surface area contributed by atoms with E-state index in [-0.39, 0.29) is 23.0 Å². The Bertz CT molecular complexity index is 2000. The molecule has 4 aromatic rings. The molecule has 1 fully saturated rings. The average Bonchev–Trinajstić information content (AvgIpc) is 3.59. The van der Waals surface area contributed by atoms with Crippen LogP contribution < -0.4 is 11.2 Å². The van der Waals surface area contributed by atoms with Crippen molar-refractivity contribution in [3.8, 4) is 0 Å². The number of hydrogen-bond acceptors (Lipinski definition) is 8. The number of anilines is 1. The summed E-state index contributed by atoms with van der Waals surface area (Å²) >= 11 is 6.20. The second kappa shape index (κ2) is 17.1. The maximum Gasteiger partial charge on any atom is 0.495 e. The Hall–Kier alpha value is -4.19. The van der Waals surface area contributed by atoms with Crippen LogP contribution in [0.5, 0.6) is 0 Å². The lowest BCUT2D eigenvalue weighted by molar-refractivity contribution is -0.385. The van der Waals surface area contributed by atoms with Gasteiger partial charge < -0.3 is 15.0 Å². The number of nitrogens with zero attached hydrogens (tertiary/aromatic N) is 3. The molecule has 10 nitrogen and oxygen atoms in total. The number of nitro benzene ring substituents is 2. The van der Waals surface area contributed by atoms with Crippen LogP contribution in [0.1, 0.15) is 55.5 Å². The molecule has 0 unspecified atom stereocenters. The number of rotatable bonds is 3. The molecule has 0 bridgehead atoms. The van der Waals surface area contributed by atoms with E-state index in [1.165, 1.54) is 42.5 Å². The van der Waals surface area contributed by atoms with E-state index in [1.54, 1.807) is 20.1 Å². The number of fused-ring (bicyclic) bond motifs is 1. The first kappa shape index (κ1) is 42.2. The Morgan fingerprint density at radius 2 is 1.25 bits per heavy atom. The normalized spacial score (nSPS) is 14.6. The lowest BCUT2D eigenvalue weighted by atomic mass is 9.75. The highest BCUT2D eigenvalue weighted by Crippen LogP contribution is 2.37. The van der Waals surface area contributed by atoms with Crippen molar-refractivity contribution in [2.24, 2.45) is 4.99 Å². The van der Waals surface area contributed by atoms with Crippen LogP contribution in [0.4, 0.5) is 34.6 Å². The van der Waals surface area contributed by atoms with Gasteiger partial charge in [-0.15, -0.1) is 0 Å². The number of halogens is 6. The molecule has 4 aromatic carbocycles. The second-order valence-electron chi connectivity index (χ2n) is 12.7. The molecule has 0 spiro atoms. The predicted octanol–water partition coefficient (Wildman–Crippen LogP) is 9.38. The van der Waals surface area contributed by atoms with Gasteiger partial charge in [0.15, 0.2) is 0 Å². The molecule has 17 heteroatoms. The maximum absolute atomic E-state index is 13.7. The molecule has 0 aliphatic carbocycles. The molecule has 0 amide bonds. The minimum absolute atomic E-state index is 0.176. The first-order valence-electron chi connectivity index (χ1n) is 15.4. The van der Waals surface area contributed by atoms with Crippen molar-refractivity contribution >= 4 is 67.7 Å². The SMILES string of the molecule is CC1(C)OB(c2cc(F)cc3c2C=NC3)OC1(C)C.Cc1c(Br)cc(F)cc1[N+](=O)[O-].Cc1c(N)cc(F)cc1Br.Cc1ccc(F)cc1[N+](=O)[O-]. The number of aliphatic imine (C=N–C) groups is 1. The topological polar surface area (TPSA) is 143 Å². The summed E-state index contributed by atoms with van der Waals surface area (Å²) in [4.78, 5) is 23.5. The second-order valence-corrected chi connectivity index (χ2v) is 14.4. The first-order valence-corrected chi connectivity index (χ1v) is 17.0. The third kappa shape index (κ3) is 10.5. The molecule has 0 aromatic heterocycles. The van der Waals surface area contributed by atoms with Crippen molar-refractivity contribution in [3.05, 3.63) is 135 Å². The number of nitrogens with two attached hydrogens (primary N) is 1. The largest absolute Gasteiger partial charge is 0.495 e. The van der Waals surface area contributed by atoms with Gasteiger partial charge in [-0.25, -0.2) is 17.6 Å². The van der Waals surface area contributed by atoms with Crippen molar-refractivity contribution in [2.45, 2.75) is 66.2 Å². The van der Waals surface area contributed by atoms with Gasteiger partial charge in [0.2, 0.25) is 0 Å². The monoisotopic (exact) mass is 852 g/mol. The fourth-order valence-electron chi connectivity index (χ4n) is 4.65. The highest BCUT2D eigenvalue weighted by atomic mass is 79.9. The summed E-state index contributed by atoms with van der Waals surface area (Å²) < 4.78 is 64.3. The summed E-state index contributed by atoms with van der Waals surface area (Å²) in [6, 6.07) is 11.3. The lowest BCUT2D eigenvalue weighted by Gasteiger charge is -2.32. The highest BCUT2D eigenvalue weighted by Gasteiger charge is 2.52. The molecule has 6 rings (SSSR count). The smallest absolute Gasteiger partial charge is 0.399 e. The zero-order valence-electron chi connectivity index (χ0n) is 29.2. The predicted molar refractivity (Wildman–Crippen MR) is 200 cm³/mol. The van der Waals surface area contributed by atoms with E-state index >= 15 is 0 Å². The zero-order valence-corrected chi connectivity index (χ0v) is 32.4. The Balaban J connectivity index is 0.000000195. The minimum atomic E-state index is -0.612. The fraction of sp³-hybridized carbons (Fsp3) is 0.286. The average molecular weight is 854 g/mol. The van der Waals surface area contributed by atoms with Crippen LogP contribution in [-0.2, 0) is 15.9 Å². The summed E-state index contributed by atoms with van der Waals surface area (Å²) in [6.07, 6.45) is 1.77. The fourth-order valence-corrected chi connectivity index (χ4v) is 5.52. The van der Waals surface area contributed by atoms with Gasteiger partial charge in [-0.1, -0.05) is 31.9 Å². The van der Waals surface area contributed by atoms with Gasteiger partial charge in [0.25, 0.3) is 11.4 Å². The first-order chi connectivity index (χ1) is 24.0. The number of nitro groups is 2. The van der Waals surface area contributed by atoms with Gasteiger partial charge in [-0.2, -0.15) is 0 Å². The van der Waals surface area contributed by atoms with Crippen LogP contribution in [0, 0.1) is 64.3 Å². The van der Waals surface area contributed by atoms with Crippen LogP contribution in [0.3, 0.4) is 0 Å². The van der Waals surface area contributed by atoms with Crippen LogP contribution in [0.2, 0.25) is 0 Å². The molecule has 0 atom stereocenters. The van der Waals surface area contributed by atoms with Gasteiger partial charge in [0, 0.05) is 32.0 Å². The molecule has 52 heavy (non-hydrogen) atoms. The third-order valence-corrected chi connectivity index (χ3v) is 10.1. The molecule has 2 heterocycles. The standard InChI is InChI=1S/C14H17BFNO2.C7H5BrFNO2.C7H7BrFN.C7H6FNO2/c1-13(2)14(3,4)19-15(18-13)12-6-10(16)5-9-7-17-8-11(9)12;1-4-6(8)2-5(9)3-7(4)10(11)12;1-4-6(8)2-5(9)3-7(4)10;1-5-2-3-6(8)4-7(5)9(10)11/h5-6,8H,7H2,1-4H3;2-3H,1H3;2-3H,10H2,1H3;2-4H,1H3. The van der Waals surface area contributed by atoms with Crippen LogP contribution in [0.25, 0.3) is 0 Å². The summed E-state index contributed by atoms with van der Waals surface area (Å²) in [5.41, 5.74) is 9.03. The van der Waals surface area contributed by atoms with Crippen LogP contribution in [0.15, 0.2) is 68.5 Å². The van der Waals surface area contributed by atoms with Gasteiger partial charge in [-0.3, -0.25) is 25.2 Å². The van der Waals surface area contributed by atoms with Crippen molar-refractivity contribution in [3.63, 3.8) is 0 Å². The lowest BCUT2D eigenvalue weighted by Crippen LogP contribution is -2.41. The van der Waals surface area contributed by atoms with Gasteiger partial charge in [0.1, 0.15) is 23.3 Å². The zero-order chi connectivity index (χ0) is 39.3. The molecule has 1 saturated heterocycles. The minimum Gasteiger partial charge on any atom is -0.399 e.